The smallest absolute Gasteiger partial charge is 0.225 e. The monoisotopic (exact) mass is 363 g/mol. The molecule has 2 aromatic rings. The van der Waals surface area contributed by atoms with Gasteiger partial charge >= 0.3 is 0 Å². The Balaban J connectivity index is 1.69. The summed E-state index contributed by atoms with van der Waals surface area (Å²) < 4.78 is 0. The van der Waals surface area contributed by atoms with Gasteiger partial charge in [0.25, 0.3) is 0 Å². The molecule has 4 rings (SSSR count). The minimum Gasteiger partial charge on any atom is -0.329 e. The van der Waals surface area contributed by atoms with Gasteiger partial charge in [0.05, 0.1) is 0 Å². The highest BCUT2D eigenvalue weighted by atomic mass is 32.2. The molecular weight excluding hydrogens is 342 g/mol. The van der Waals surface area contributed by atoms with E-state index in [9.17, 15) is 9.59 Å². The lowest BCUT2D eigenvalue weighted by molar-refractivity contribution is -0.122. The molecule has 1 N–H and O–H groups in total. The van der Waals surface area contributed by atoms with Gasteiger partial charge in [-0.05, 0) is 41.9 Å². The zero-order valence-electron chi connectivity index (χ0n) is 14.7. The fourth-order valence-corrected chi connectivity index (χ4v) is 4.45. The van der Waals surface area contributed by atoms with E-state index in [0.717, 1.165) is 28.8 Å². The van der Waals surface area contributed by atoms with Crippen LogP contribution in [-0.4, -0.2) is 17.9 Å². The molecule has 2 atom stereocenters. The average molecular weight is 363 g/mol. The second kappa shape index (κ2) is 7.12. The minimum absolute atomic E-state index is 0.00389. The molecule has 0 saturated heterocycles. The van der Waals surface area contributed by atoms with Crippen LogP contribution in [0.3, 0.4) is 0 Å². The Kier molecular flexibility index (Phi) is 4.68. The summed E-state index contributed by atoms with van der Waals surface area (Å²) in [5.74, 6) is 0.183. The van der Waals surface area contributed by atoms with Crippen molar-refractivity contribution in [3.8, 4) is 0 Å². The Bertz CT molecular complexity index is 871. The lowest BCUT2D eigenvalue weighted by atomic mass is 9.73. The van der Waals surface area contributed by atoms with Crippen LogP contribution in [0, 0.1) is 0 Å². The summed E-state index contributed by atoms with van der Waals surface area (Å²) in [6.07, 6.45) is 3.62. The SMILES string of the molecule is CSc1ccc(C2CC(=O)NC3=C2C(=O)CC(c2ccccc2)C3)cc1. The van der Waals surface area contributed by atoms with E-state index in [4.69, 9.17) is 0 Å². The third-order valence-electron chi connectivity index (χ3n) is 5.33. The largest absolute Gasteiger partial charge is 0.329 e. The number of amides is 1. The summed E-state index contributed by atoms with van der Waals surface area (Å²) in [6.45, 7) is 0. The first-order valence-corrected chi connectivity index (χ1v) is 10.1. The third kappa shape index (κ3) is 3.21. The maximum atomic E-state index is 13.0. The number of Topliss-reactive ketones (excluding diaryl/α,β-unsaturated/α-hetero) is 1. The van der Waals surface area contributed by atoms with Gasteiger partial charge in [0.1, 0.15) is 0 Å². The molecular formula is C22H21NO2S. The highest BCUT2D eigenvalue weighted by Crippen LogP contribution is 2.42. The molecule has 1 aliphatic carbocycles. The first-order valence-electron chi connectivity index (χ1n) is 8.90. The van der Waals surface area contributed by atoms with Crippen LogP contribution < -0.4 is 5.32 Å². The van der Waals surface area contributed by atoms with Crippen LogP contribution in [0.4, 0.5) is 0 Å². The van der Waals surface area contributed by atoms with Crippen LogP contribution in [0.25, 0.3) is 0 Å². The number of ketones is 1. The summed E-state index contributed by atoms with van der Waals surface area (Å²) in [6, 6.07) is 18.3. The zero-order chi connectivity index (χ0) is 18.1. The van der Waals surface area contributed by atoms with Crippen molar-refractivity contribution in [2.45, 2.75) is 36.0 Å². The molecule has 0 bridgehead atoms. The molecule has 132 valence electrons. The summed E-state index contributed by atoms with van der Waals surface area (Å²) in [5, 5.41) is 2.99. The molecule has 2 aliphatic rings. The van der Waals surface area contributed by atoms with Crippen molar-refractivity contribution >= 4 is 23.5 Å². The molecule has 26 heavy (non-hydrogen) atoms. The predicted octanol–water partition coefficient (Wildman–Crippen LogP) is 4.41. The highest BCUT2D eigenvalue weighted by molar-refractivity contribution is 7.98. The van der Waals surface area contributed by atoms with Crippen LogP contribution in [0.15, 0.2) is 70.8 Å². The first-order chi connectivity index (χ1) is 12.7. The van der Waals surface area contributed by atoms with E-state index in [1.165, 1.54) is 4.90 Å². The van der Waals surface area contributed by atoms with E-state index in [0.29, 0.717) is 12.8 Å². The Morgan fingerprint density at radius 1 is 0.885 bits per heavy atom. The standard InChI is InChI=1S/C22H21NO2S/c1-26-17-9-7-15(8-10-17)18-13-21(25)23-19-11-16(12-20(24)22(18)19)14-5-3-2-4-6-14/h2-10,16,18H,11-13H2,1H3,(H,23,25). The molecule has 2 aromatic carbocycles. The quantitative estimate of drug-likeness (QED) is 0.822. The van der Waals surface area contributed by atoms with E-state index < -0.39 is 0 Å². The van der Waals surface area contributed by atoms with Gasteiger partial charge in [-0.1, -0.05) is 42.5 Å². The Morgan fingerprint density at radius 2 is 1.62 bits per heavy atom. The van der Waals surface area contributed by atoms with Crippen LogP contribution in [0.2, 0.25) is 0 Å². The number of hydrogen-bond donors (Lipinski definition) is 1. The van der Waals surface area contributed by atoms with Crippen molar-refractivity contribution in [3.63, 3.8) is 0 Å². The van der Waals surface area contributed by atoms with Gasteiger partial charge in [-0.15, -0.1) is 11.8 Å². The topological polar surface area (TPSA) is 46.2 Å². The van der Waals surface area contributed by atoms with Gasteiger partial charge in [-0.2, -0.15) is 0 Å². The second-order valence-corrected chi connectivity index (χ2v) is 7.79. The summed E-state index contributed by atoms with van der Waals surface area (Å²) in [4.78, 5) is 26.5. The third-order valence-corrected chi connectivity index (χ3v) is 6.07. The predicted molar refractivity (Wildman–Crippen MR) is 104 cm³/mol. The van der Waals surface area contributed by atoms with Crippen molar-refractivity contribution < 1.29 is 9.59 Å². The van der Waals surface area contributed by atoms with E-state index in [-0.39, 0.29) is 23.5 Å². The van der Waals surface area contributed by atoms with Crippen molar-refractivity contribution in [2.24, 2.45) is 0 Å². The van der Waals surface area contributed by atoms with Crippen LogP contribution >= 0.6 is 11.8 Å². The van der Waals surface area contributed by atoms with Crippen molar-refractivity contribution in [1.82, 2.24) is 5.32 Å². The average Bonchev–Trinajstić information content (AvgIpc) is 2.67. The van der Waals surface area contributed by atoms with Gasteiger partial charge in [-0.25, -0.2) is 0 Å². The lowest BCUT2D eigenvalue weighted by Crippen LogP contribution is -2.38. The number of carbonyl (C=O) groups excluding carboxylic acids is 2. The lowest BCUT2D eigenvalue weighted by Gasteiger charge is -2.34. The summed E-state index contributed by atoms with van der Waals surface area (Å²) in [5.41, 5.74) is 3.85. The molecule has 4 heteroatoms. The molecule has 0 fully saturated rings. The van der Waals surface area contributed by atoms with Crippen LogP contribution in [0.5, 0.6) is 0 Å². The number of thioether (sulfide) groups is 1. The number of benzene rings is 2. The van der Waals surface area contributed by atoms with Gasteiger partial charge in [0.15, 0.2) is 5.78 Å². The minimum atomic E-state index is -0.126. The molecule has 1 aliphatic heterocycles. The number of nitrogens with one attached hydrogen (secondary N) is 1. The molecule has 1 amide bonds. The molecule has 0 saturated carbocycles. The fraction of sp³-hybridized carbons (Fsp3) is 0.273. The van der Waals surface area contributed by atoms with E-state index >= 15 is 0 Å². The maximum Gasteiger partial charge on any atom is 0.225 e. The van der Waals surface area contributed by atoms with E-state index in [2.05, 4.69) is 41.7 Å². The number of hydrogen-bond acceptors (Lipinski definition) is 3. The molecule has 0 spiro atoms. The normalized spacial score (nSPS) is 22.8. The zero-order valence-corrected chi connectivity index (χ0v) is 15.5. The van der Waals surface area contributed by atoms with Crippen molar-refractivity contribution in [2.75, 3.05) is 6.26 Å². The van der Waals surface area contributed by atoms with E-state index in [1.54, 1.807) is 11.8 Å². The Labute approximate surface area is 157 Å². The van der Waals surface area contributed by atoms with Gasteiger partial charge in [0, 0.05) is 34.9 Å². The highest BCUT2D eigenvalue weighted by Gasteiger charge is 2.38. The number of allylic oxidation sites excluding steroid dienone is 2. The van der Waals surface area contributed by atoms with E-state index in [1.807, 2.05) is 24.5 Å². The van der Waals surface area contributed by atoms with Gasteiger partial charge < -0.3 is 5.32 Å². The molecule has 0 radical (unpaired) electrons. The van der Waals surface area contributed by atoms with Gasteiger partial charge in [0.2, 0.25) is 5.91 Å². The summed E-state index contributed by atoms with van der Waals surface area (Å²) >= 11 is 1.69. The molecule has 3 nitrogen and oxygen atoms in total. The van der Waals surface area contributed by atoms with Crippen molar-refractivity contribution in [3.05, 3.63) is 77.0 Å². The Morgan fingerprint density at radius 3 is 2.31 bits per heavy atom. The van der Waals surface area contributed by atoms with Gasteiger partial charge in [-0.3, -0.25) is 9.59 Å². The summed E-state index contributed by atoms with van der Waals surface area (Å²) in [7, 11) is 0. The number of carbonyl (C=O) groups is 2. The first kappa shape index (κ1) is 17.1. The molecule has 2 unspecified atom stereocenters. The second-order valence-electron chi connectivity index (χ2n) is 6.91. The fourth-order valence-electron chi connectivity index (χ4n) is 4.04. The maximum absolute atomic E-state index is 13.0. The molecule has 0 aromatic heterocycles. The van der Waals surface area contributed by atoms with Crippen LogP contribution in [0.1, 0.15) is 42.2 Å². The molecule has 1 heterocycles. The van der Waals surface area contributed by atoms with Crippen molar-refractivity contribution in [1.29, 1.82) is 0 Å². The number of rotatable bonds is 3. The van der Waals surface area contributed by atoms with Crippen LogP contribution in [-0.2, 0) is 9.59 Å². The Hall–Kier alpha value is -2.33.